The van der Waals surface area contributed by atoms with Gasteiger partial charge in [0.1, 0.15) is 0 Å². The predicted molar refractivity (Wildman–Crippen MR) is 89.4 cm³/mol. The summed E-state index contributed by atoms with van der Waals surface area (Å²) in [5.41, 5.74) is 2.10. The van der Waals surface area contributed by atoms with Crippen LogP contribution in [0.1, 0.15) is 31.7 Å². The number of hydrogen-bond acceptors (Lipinski definition) is 5. The molecule has 2 heterocycles. The van der Waals surface area contributed by atoms with Gasteiger partial charge in [-0.25, -0.2) is 0 Å². The van der Waals surface area contributed by atoms with Gasteiger partial charge >= 0.3 is 0 Å². The lowest BCUT2D eigenvalue weighted by Gasteiger charge is -2.36. The van der Waals surface area contributed by atoms with Gasteiger partial charge in [0.05, 0.1) is 18.8 Å². The minimum Gasteiger partial charge on any atom is -0.375 e. The molecular formula is C18H23N3O3. The van der Waals surface area contributed by atoms with Gasteiger partial charge in [-0.1, -0.05) is 35.0 Å². The third kappa shape index (κ3) is 3.82. The van der Waals surface area contributed by atoms with Gasteiger partial charge in [0.25, 0.3) is 0 Å². The Kier molecular flexibility index (Phi) is 4.94. The van der Waals surface area contributed by atoms with Crippen LogP contribution in [0.5, 0.6) is 0 Å². The highest BCUT2D eigenvalue weighted by Crippen LogP contribution is 2.18. The average Bonchev–Trinajstić information content (AvgIpc) is 3.04. The number of morpholine rings is 1. The molecule has 1 aromatic heterocycles. The number of nitrogens with zero attached hydrogens (tertiary/aromatic N) is 3. The van der Waals surface area contributed by atoms with Gasteiger partial charge in [0.15, 0.2) is 0 Å². The van der Waals surface area contributed by atoms with Gasteiger partial charge in [-0.2, -0.15) is 4.98 Å². The molecule has 1 aliphatic heterocycles. The van der Waals surface area contributed by atoms with Crippen LogP contribution in [-0.4, -0.2) is 46.2 Å². The molecular weight excluding hydrogens is 306 g/mol. The standard InChI is InChI=1S/C18H23N3O3/c1-12-4-6-15(7-5-12)18-19-16(24-20-18)8-9-17(22)21-10-14(3)23-11-13(21)2/h4-7,13-14H,8-11H2,1-3H3/t13-,14+/m1/s1. The van der Waals surface area contributed by atoms with Crippen molar-refractivity contribution in [1.82, 2.24) is 15.0 Å². The topological polar surface area (TPSA) is 68.5 Å². The van der Waals surface area contributed by atoms with E-state index in [2.05, 4.69) is 10.1 Å². The Labute approximate surface area is 141 Å². The Balaban J connectivity index is 1.59. The van der Waals surface area contributed by atoms with E-state index in [9.17, 15) is 4.79 Å². The van der Waals surface area contributed by atoms with Crippen molar-refractivity contribution in [3.05, 3.63) is 35.7 Å². The van der Waals surface area contributed by atoms with Crippen LogP contribution in [-0.2, 0) is 16.0 Å². The van der Waals surface area contributed by atoms with E-state index < -0.39 is 0 Å². The van der Waals surface area contributed by atoms with Gasteiger partial charge in [-0.3, -0.25) is 4.79 Å². The lowest BCUT2D eigenvalue weighted by atomic mass is 10.1. The van der Waals surface area contributed by atoms with Crippen molar-refractivity contribution < 1.29 is 14.1 Å². The minimum absolute atomic E-state index is 0.0849. The van der Waals surface area contributed by atoms with E-state index in [-0.39, 0.29) is 18.1 Å². The fourth-order valence-corrected chi connectivity index (χ4v) is 2.78. The molecule has 1 aromatic carbocycles. The van der Waals surface area contributed by atoms with Crippen molar-refractivity contribution in [2.45, 2.75) is 45.8 Å². The molecule has 0 unspecified atom stereocenters. The molecule has 1 amide bonds. The number of rotatable bonds is 4. The highest BCUT2D eigenvalue weighted by Gasteiger charge is 2.27. The van der Waals surface area contributed by atoms with Crippen LogP contribution < -0.4 is 0 Å². The summed E-state index contributed by atoms with van der Waals surface area (Å²) in [7, 11) is 0. The number of ether oxygens (including phenoxy) is 1. The van der Waals surface area contributed by atoms with E-state index in [0.29, 0.717) is 37.7 Å². The number of amides is 1. The zero-order valence-electron chi connectivity index (χ0n) is 14.4. The zero-order valence-corrected chi connectivity index (χ0v) is 14.4. The molecule has 6 nitrogen and oxygen atoms in total. The number of carbonyl (C=O) groups is 1. The summed E-state index contributed by atoms with van der Waals surface area (Å²) in [6.07, 6.45) is 0.907. The molecule has 0 spiro atoms. The number of benzene rings is 1. The molecule has 0 radical (unpaired) electrons. The van der Waals surface area contributed by atoms with Crippen LogP contribution in [0.3, 0.4) is 0 Å². The van der Waals surface area contributed by atoms with E-state index in [4.69, 9.17) is 9.26 Å². The first-order chi connectivity index (χ1) is 11.5. The Morgan fingerprint density at radius 3 is 2.79 bits per heavy atom. The van der Waals surface area contributed by atoms with Crippen molar-refractivity contribution in [2.75, 3.05) is 13.2 Å². The molecule has 3 rings (SSSR count). The lowest BCUT2D eigenvalue weighted by molar-refractivity contribution is -0.143. The van der Waals surface area contributed by atoms with E-state index in [1.807, 2.05) is 49.9 Å². The van der Waals surface area contributed by atoms with Crippen LogP contribution >= 0.6 is 0 Å². The SMILES string of the molecule is Cc1ccc(-c2noc(CCC(=O)N3C[C@H](C)OC[C@H]3C)n2)cc1. The van der Waals surface area contributed by atoms with Crippen LogP contribution in [0.25, 0.3) is 11.4 Å². The third-order valence-electron chi connectivity index (χ3n) is 4.26. The van der Waals surface area contributed by atoms with Gasteiger partial charge in [0.2, 0.25) is 17.6 Å². The second kappa shape index (κ2) is 7.13. The quantitative estimate of drug-likeness (QED) is 0.862. The highest BCUT2D eigenvalue weighted by atomic mass is 16.5. The fraction of sp³-hybridized carbons (Fsp3) is 0.500. The van der Waals surface area contributed by atoms with Crippen molar-refractivity contribution >= 4 is 5.91 Å². The van der Waals surface area contributed by atoms with Gasteiger partial charge in [-0.05, 0) is 20.8 Å². The Morgan fingerprint density at radius 2 is 2.04 bits per heavy atom. The summed E-state index contributed by atoms with van der Waals surface area (Å²) in [6, 6.07) is 8.06. The third-order valence-corrected chi connectivity index (χ3v) is 4.26. The molecule has 128 valence electrons. The second-order valence-corrected chi connectivity index (χ2v) is 6.42. The number of hydrogen-bond donors (Lipinski definition) is 0. The summed E-state index contributed by atoms with van der Waals surface area (Å²) in [4.78, 5) is 18.7. The van der Waals surface area contributed by atoms with Crippen molar-refractivity contribution in [3.63, 3.8) is 0 Å². The number of carbonyl (C=O) groups excluding carboxylic acids is 1. The van der Waals surface area contributed by atoms with Crippen molar-refractivity contribution in [2.24, 2.45) is 0 Å². The van der Waals surface area contributed by atoms with E-state index in [1.54, 1.807) is 0 Å². The molecule has 2 aromatic rings. The highest BCUT2D eigenvalue weighted by molar-refractivity contribution is 5.76. The molecule has 0 aliphatic carbocycles. The molecule has 24 heavy (non-hydrogen) atoms. The molecule has 6 heteroatoms. The summed E-state index contributed by atoms with van der Waals surface area (Å²) < 4.78 is 10.8. The maximum atomic E-state index is 12.4. The molecule has 0 saturated carbocycles. The molecule has 0 N–H and O–H groups in total. The number of aromatic nitrogens is 2. The first kappa shape index (κ1) is 16.6. The normalized spacial score (nSPS) is 21.0. The summed E-state index contributed by atoms with van der Waals surface area (Å²) in [5, 5.41) is 4.00. The monoisotopic (exact) mass is 329 g/mol. The fourth-order valence-electron chi connectivity index (χ4n) is 2.78. The van der Waals surface area contributed by atoms with Gasteiger partial charge < -0.3 is 14.2 Å². The zero-order chi connectivity index (χ0) is 17.1. The second-order valence-electron chi connectivity index (χ2n) is 6.42. The van der Waals surface area contributed by atoms with E-state index >= 15 is 0 Å². The smallest absolute Gasteiger partial charge is 0.227 e. The number of aryl methyl sites for hydroxylation is 2. The van der Waals surface area contributed by atoms with Crippen LogP contribution in [0, 0.1) is 6.92 Å². The molecule has 0 bridgehead atoms. The first-order valence-corrected chi connectivity index (χ1v) is 8.33. The van der Waals surface area contributed by atoms with Crippen molar-refractivity contribution in [3.8, 4) is 11.4 Å². The molecule has 1 saturated heterocycles. The van der Waals surface area contributed by atoms with Crippen molar-refractivity contribution in [1.29, 1.82) is 0 Å². The molecule has 1 fully saturated rings. The van der Waals surface area contributed by atoms with Gasteiger partial charge in [0, 0.05) is 24.9 Å². The largest absolute Gasteiger partial charge is 0.375 e. The molecule has 2 atom stereocenters. The minimum atomic E-state index is 0.0849. The maximum absolute atomic E-state index is 12.4. The lowest BCUT2D eigenvalue weighted by Crippen LogP contribution is -2.50. The molecule has 1 aliphatic rings. The predicted octanol–water partition coefficient (Wildman–Crippen LogP) is 2.61. The Morgan fingerprint density at radius 1 is 1.29 bits per heavy atom. The maximum Gasteiger partial charge on any atom is 0.227 e. The first-order valence-electron chi connectivity index (χ1n) is 8.33. The van der Waals surface area contributed by atoms with Gasteiger partial charge in [-0.15, -0.1) is 0 Å². The summed E-state index contributed by atoms with van der Waals surface area (Å²) in [5.74, 6) is 1.16. The van der Waals surface area contributed by atoms with E-state index in [0.717, 1.165) is 5.56 Å². The summed E-state index contributed by atoms with van der Waals surface area (Å²) in [6.45, 7) is 7.25. The average molecular weight is 329 g/mol. The Bertz CT molecular complexity index is 696. The van der Waals surface area contributed by atoms with Crippen LogP contribution in [0.4, 0.5) is 0 Å². The van der Waals surface area contributed by atoms with Crippen LogP contribution in [0.2, 0.25) is 0 Å². The van der Waals surface area contributed by atoms with Crippen LogP contribution in [0.15, 0.2) is 28.8 Å². The van der Waals surface area contributed by atoms with E-state index in [1.165, 1.54) is 5.56 Å². The summed E-state index contributed by atoms with van der Waals surface area (Å²) >= 11 is 0. The Hall–Kier alpha value is -2.21.